The lowest BCUT2D eigenvalue weighted by atomic mass is 10.1. The van der Waals surface area contributed by atoms with Gasteiger partial charge in [-0.3, -0.25) is 4.72 Å². The molecule has 5 nitrogen and oxygen atoms in total. The number of thiophene rings is 1. The van der Waals surface area contributed by atoms with Gasteiger partial charge in [0.05, 0.1) is 5.69 Å². The van der Waals surface area contributed by atoms with E-state index in [1.54, 1.807) is 17.4 Å². The Hall–Kier alpha value is -2.52. The van der Waals surface area contributed by atoms with Crippen LogP contribution in [0.4, 0.5) is 20.3 Å². The predicted molar refractivity (Wildman–Crippen MR) is 100 cm³/mol. The molecule has 0 atom stereocenters. The maximum Gasteiger partial charge on any atom is 0.263 e. The molecule has 0 fully saturated rings. The Bertz CT molecular complexity index is 1060. The number of pyridine rings is 1. The first-order valence-corrected chi connectivity index (χ1v) is 10.5. The zero-order valence-electron chi connectivity index (χ0n) is 14.0. The van der Waals surface area contributed by atoms with Gasteiger partial charge in [-0.1, -0.05) is 0 Å². The molecule has 4 rings (SSSR count). The van der Waals surface area contributed by atoms with Gasteiger partial charge in [0.1, 0.15) is 22.3 Å². The number of aromatic nitrogens is 1. The van der Waals surface area contributed by atoms with Crippen molar-refractivity contribution in [3.05, 3.63) is 70.1 Å². The van der Waals surface area contributed by atoms with Crippen LogP contribution in [0.25, 0.3) is 0 Å². The van der Waals surface area contributed by atoms with E-state index in [2.05, 4.69) is 26.1 Å². The third kappa shape index (κ3) is 3.79. The van der Waals surface area contributed by atoms with Crippen LogP contribution in [0, 0.1) is 11.6 Å². The summed E-state index contributed by atoms with van der Waals surface area (Å²) in [6, 6.07) is 7.66. The van der Waals surface area contributed by atoms with E-state index in [0.717, 1.165) is 31.6 Å². The molecular weight excluding hydrogens is 392 g/mol. The average molecular weight is 407 g/mol. The first kappa shape index (κ1) is 17.9. The van der Waals surface area contributed by atoms with Gasteiger partial charge in [-0.15, -0.1) is 11.3 Å². The van der Waals surface area contributed by atoms with Crippen molar-refractivity contribution in [1.29, 1.82) is 0 Å². The Labute approximate surface area is 159 Å². The Morgan fingerprint density at radius 3 is 2.59 bits per heavy atom. The fourth-order valence-corrected chi connectivity index (χ4v) is 4.86. The summed E-state index contributed by atoms with van der Waals surface area (Å²) >= 11 is 1.74. The van der Waals surface area contributed by atoms with Crippen LogP contribution >= 0.6 is 11.3 Å². The second-order valence-corrected chi connectivity index (χ2v) is 8.84. The molecule has 1 aliphatic rings. The number of anilines is 2. The van der Waals surface area contributed by atoms with Crippen molar-refractivity contribution in [2.75, 3.05) is 16.2 Å². The molecule has 1 N–H and O–H groups in total. The highest BCUT2D eigenvalue weighted by atomic mass is 32.2. The van der Waals surface area contributed by atoms with Crippen molar-refractivity contribution in [3.8, 4) is 0 Å². The minimum Gasteiger partial charge on any atom is -0.352 e. The maximum atomic E-state index is 13.3. The second-order valence-electron chi connectivity index (χ2n) is 6.16. The van der Waals surface area contributed by atoms with Gasteiger partial charge in [0.25, 0.3) is 10.0 Å². The third-order valence-corrected chi connectivity index (χ3v) is 6.67. The molecule has 1 aliphatic heterocycles. The van der Waals surface area contributed by atoms with Crippen molar-refractivity contribution < 1.29 is 17.2 Å². The molecule has 0 amide bonds. The van der Waals surface area contributed by atoms with Gasteiger partial charge >= 0.3 is 0 Å². The van der Waals surface area contributed by atoms with E-state index >= 15 is 0 Å². The van der Waals surface area contributed by atoms with Crippen LogP contribution in [0.15, 0.2) is 52.9 Å². The molecule has 0 spiro atoms. The number of benzene rings is 1. The number of fused-ring (bicyclic) bond motifs is 1. The summed E-state index contributed by atoms with van der Waals surface area (Å²) in [5.41, 5.74) is 1.08. The van der Waals surface area contributed by atoms with Crippen molar-refractivity contribution in [3.63, 3.8) is 0 Å². The standard InChI is InChI=1S/C18H15F2N3O2S2/c19-13-7-14(20)9-15(8-13)22-27(24,25)16-1-2-18(21-10-16)23-5-3-17-12(11-23)4-6-26-17/h1-2,4,6-10,22H,3,5,11H2. The molecule has 1 aromatic carbocycles. The van der Waals surface area contributed by atoms with Gasteiger partial charge in [-0.25, -0.2) is 22.2 Å². The van der Waals surface area contributed by atoms with E-state index in [-0.39, 0.29) is 10.6 Å². The van der Waals surface area contributed by atoms with Crippen molar-refractivity contribution >= 4 is 32.9 Å². The molecule has 3 heterocycles. The summed E-state index contributed by atoms with van der Waals surface area (Å²) in [7, 11) is -4.00. The fourth-order valence-electron chi connectivity index (χ4n) is 2.99. The van der Waals surface area contributed by atoms with E-state index < -0.39 is 21.7 Å². The number of nitrogens with one attached hydrogen (secondary N) is 1. The Morgan fingerprint density at radius 1 is 1.11 bits per heavy atom. The van der Waals surface area contributed by atoms with Gasteiger partial charge < -0.3 is 4.90 Å². The van der Waals surface area contributed by atoms with E-state index in [9.17, 15) is 17.2 Å². The quantitative estimate of drug-likeness (QED) is 0.715. The fraction of sp³-hybridized carbons (Fsp3) is 0.167. The molecular formula is C18H15F2N3O2S2. The summed E-state index contributed by atoms with van der Waals surface area (Å²) in [6.07, 6.45) is 2.18. The lowest BCUT2D eigenvalue weighted by Crippen LogP contribution is -2.30. The van der Waals surface area contributed by atoms with Crippen LogP contribution in [0.2, 0.25) is 0 Å². The number of nitrogens with zero attached hydrogens (tertiary/aromatic N) is 2. The Balaban J connectivity index is 1.53. The van der Waals surface area contributed by atoms with Gasteiger partial charge in [-0.2, -0.15) is 0 Å². The summed E-state index contributed by atoms with van der Waals surface area (Å²) in [5, 5.41) is 2.07. The summed E-state index contributed by atoms with van der Waals surface area (Å²) in [4.78, 5) is 7.64. The van der Waals surface area contributed by atoms with Crippen molar-refractivity contribution in [2.45, 2.75) is 17.9 Å². The van der Waals surface area contributed by atoms with E-state index in [0.29, 0.717) is 11.9 Å². The van der Waals surface area contributed by atoms with Crippen LogP contribution in [-0.2, 0) is 23.0 Å². The Morgan fingerprint density at radius 2 is 1.89 bits per heavy atom. The van der Waals surface area contributed by atoms with Crippen LogP contribution in [0.1, 0.15) is 10.4 Å². The molecule has 0 aliphatic carbocycles. The highest BCUT2D eigenvalue weighted by Crippen LogP contribution is 2.27. The zero-order valence-corrected chi connectivity index (χ0v) is 15.7. The van der Waals surface area contributed by atoms with Gasteiger partial charge in [0, 0.05) is 30.2 Å². The largest absolute Gasteiger partial charge is 0.352 e. The highest BCUT2D eigenvalue weighted by molar-refractivity contribution is 7.92. The SMILES string of the molecule is O=S(=O)(Nc1cc(F)cc(F)c1)c1ccc(N2CCc3sccc3C2)nc1. The monoisotopic (exact) mass is 407 g/mol. The minimum absolute atomic E-state index is 0.0795. The van der Waals surface area contributed by atoms with Crippen LogP contribution in [0.5, 0.6) is 0 Å². The number of rotatable bonds is 4. The first-order chi connectivity index (χ1) is 12.9. The summed E-state index contributed by atoms with van der Waals surface area (Å²) in [6.45, 7) is 1.55. The van der Waals surface area contributed by atoms with E-state index in [4.69, 9.17) is 0 Å². The number of sulfonamides is 1. The van der Waals surface area contributed by atoms with Crippen molar-refractivity contribution in [1.82, 2.24) is 4.98 Å². The topological polar surface area (TPSA) is 62.3 Å². The molecule has 2 aromatic heterocycles. The molecule has 0 bridgehead atoms. The lowest BCUT2D eigenvalue weighted by Gasteiger charge is -2.28. The minimum atomic E-state index is -4.00. The van der Waals surface area contributed by atoms with Gasteiger partial charge in [0.2, 0.25) is 0 Å². The zero-order chi connectivity index (χ0) is 19.0. The van der Waals surface area contributed by atoms with E-state index in [1.165, 1.54) is 22.7 Å². The molecule has 140 valence electrons. The Kier molecular flexibility index (Phi) is 4.56. The number of hydrogen-bond acceptors (Lipinski definition) is 5. The van der Waals surface area contributed by atoms with Gasteiger partial charge in [-0.05, 0) is 47.7 Å². The molecule has 0 saturated carbocycles. The first-order valence-electron chi connectivity index (χ1n) is 8.16. The maximum absolute atomic E-state index is 13.3. The van der Waals surface area contributed by atoms with Crippen LogP contribution in [-0.4, -0.2) is 19.9 Å². The molecule has 0 unspecified atom stereocenters. The molecule has 27 heavy (non-hydrogen) atoms. The lowest BCUT2D eigenvalue weighted by molar-refractivity contribution is 0.584. The van der Waals surface area contributed by atoms with Gasteiger partial charge in [0.15, 0.2) is 0 Å². The molecule has 0 radical (unpaired) electrons. The smallest absolute Gasteiger partial charge is 0.263 e. The van der Waals surface area contributed by atoms with Crippen molar-refractivity contribution in [2.24, 2.45) is 0 Å². The second kappa shape index (κ2) is 6.90. The van der Waals surface area contributed by atoms with Crippen LogP contribution in [0.3, 0.4) is 0 Å². The summed E-state index contributed by atoms with van der Waals surface area (Å²) in [5.74, 6) is -1.04. The predicted octanol–water partition coefficient (Wildman–Crippen LogP) is 3.78. The normalized spacial score (nSPS) is 14.1. The third-order valence-electron chi connectivity index (χ3n) is 4.28. The van der Waals surface area contributed by atoms with Crippen LogP contribution < -0.4 is 9.62 Å². The van der Waals surface area contributed by atoms with E-state index in [1.807, 2.05) is 0 Å². The number of hydrogen-bond donors (Lipinski definition) is 1. The molecule has 0 saturated heterocycles. The number of halogens is 2. The average Bonchev–Trinajstić information content (AvgIpc) is 3.08. The molecule has 9 heteroatoms. The summed E-state index contributed by atoms with van der Waals surface area (Å²) < 4.78 is 53.5. The molecule has 3 aromatic rings. The highest BCUT2D eigenvalue weighted by Gasteiger charge is 2.20.